The number of nitrogens with two attached hydrogens (primary N) is 1. The molecule has 0 aromatic carbocycles. The number of hydrogen-bond donors (Lipinski definition) is 1. The molecule has 3 heteroatoms. The van der Waals surface area contributed by atoms with E-state index in [0.29, 0.717) is 12.0 Å². The van der Waals surface area contributed by atoms with E-state index >= 15 is 0 Å². The van der Waals surface area contributed by atoms with Crippen molar-refractivity contribution in [1.29, 1.82) is 0 Å². The van der Waals surface area contributed by atoms with Crippen LogP contribution in [0.5, 0.6) is 0 Å². The number of hydrogen-bond acceptors (Lipinski definition) is 3. The summed E-state index contributed by atoms with van der Waals surface area (Å²) in [6.07, 6.45) is 1.18. The van der Waals surface area contributed by atoms with E-state index in [0.717, 1.165) is 26.2 Å². The Morgan fingerprint density at radius 3 is 2.43 bits per heavy atom. The first-order valence-electron chi connectivity index (χ1n) is 5.58. The Kier molecular flexibility index (Phi) is 8.14. The van der Waals surface area contributed by atoms with Gasteiger partial charge < -0.3 is 10.5 Å². The van der Waals surface area contributed by atoms with E-state index in [2.05, 4.69) is 25.7 Å². The van der Waals surface area contributed by atoms with Crippen LogP contribution in [0.2, 0.25) is 0 Å². The van der Waals surface area contributed by atoms with Crippen molar-refractivity contribution in [3.05, 3.63) is 0 Å². The van der Waals surface area contributed by atoms with Gasteiger partial charge in [0.25, 0.3) is 0 Å². The highest BCUT2D eigenvalue weighted by atomic mass is 16.5. The molecule has 0 spiro atoms. The molecule has 0 aliphatic carbocycles. The first-order valence-corrected chi connectivity index (χ1v) is 5.58. The fourth-order valence-electron chi connectivity index (χ4n) is 1.54. The molecular formula is C11H26N2O. The zero-order chi connectivity index (χ0) is 11.0. The van der Waals surface area contributed by atoms with Crippen molar-refractivity contribution in [2.75, 3.05) is 33.4 Å². The van der Waals surface area contributed by atoms with Gasteiger partial charge in [-0.1, -0.05) is 13.8 Å². The van der Waals surface area contributed by atoms with E-state index in [1.807, 2.05) is 0 Å². The first-order chi connectivity index (χ1) is 6.65. The predicted octanol–water partition coefficient (Wildman–Crippen LogP) is 1.33. The summed E-state index contributed by atoms with van der Waals surface area (Å²) in [6.45, 7) is 10.4. The monoisotopic (exact) mass is 202 g/mol. The Bertz CT molecular complexity index is 130. The molecule has 0 aliphatic rings. The van der Waals surface area contributed by atoms with Crippen LogP contribution in [0.25, 0.3) is 0 Å². The maximum absolute atomic E-state index is 5.59. The van der Waals surface area contributed by atoms with E-state index in [-0.39, 0.29) is 0 Å². The van der Waals surface area contributed by atoms with Gasteiger partial charge in [-0.25, -0.2) is 0 Å². The molecule has 0 amide bonds. The molecule has 0 aliphatic heterocycles. The van der Waals surface area contributed by atoms with Crippen LogP contribution in [-0.4, -0.2) is 44.3 Å². The van der Waals surface area contributed by atoms with Gasteiger partial charge in [0.15, 0.2) is 0 Å². The van der Waals surface area contributed by atoms with E-state index in [1.165, 1.54) is 6.42 Å². The molecule has 0 aromatic heterocycles. The lowest BCUT2D eigenvalue weighted by atomic mass is 10.1. The highest BCUT2D eigenvalue weighted by Crippen LogP contribution is 2.05. The molecule has 0 bridgehead atoms. The largest absolute Gasteiger partial charge is 0.383 e. The van der Waals surface area contributed by atoms with Crippen LogP contribution < -0.4 is 5.73 Å². The Balaban J connectivity index is 3.77. The molecule has 14 heavy (non-hydrogen) atoms. The van der Waals surface area contributed by atoms with Crippen LogP contribution in [0.15, 0.2) is 0 Å². The topological polar surface area (TPSA) is 38.5 Å². The van der Waals surface area contributed by atoms with Gasteiger partial charge in [-0.05, 0) is 38.9 Å². The molecule has 86 valence electrons. The third-order valence-corrected chi connectivity index (χ3v) is 2.75. The maximum Gasteiger partial charge on any atom is 0.0615 e. The normalized spacial score (nSPS) is 15.9. The molecule has 2 atom stereocenters. The van der Waals surface area contributed by atoms with Gasteiger partial charge in [-0.15, -0.1) is 0 Å². The summed E-state index contributed by atoms with van der Waals surface area (Å²) >= 11 is 0. The molecule has 0 heterocycles. The highest BCUT2D eigenvalue weighted by molar-refractivity contribution is 4.66. The molecule has 0 saturated carbocycles. The minimum absolute atomic E-state index is 0.509. The number of rotatable bonds is 8. The molecule has 0 saturated heterocycles. The van der Waals surface area contributed by atoms with Crippen molar-refractivity contribution in [3.8, 4) is 0 Å². The standard InChI is InChI=1S/C11H26N2O/c1-5-13(11(3)9-14-4)7-6-10(2)8-12/h10-11H,5-9,12H2,1-4H3. The zero-order valence-electron chi connectivity index (χ0n) is 10.1. The molecule has 2 unspecified atom stereocenters. The Morgan fingerprint density at radius 1 is 1.36 bits per heavy atom. The molecule has 2 N–H and O–H groups in total. The van der Waals surface area contributed by atoms with Gasteiger partial charge in [0, 0.05) is 13.2 Å². The van der Waals surface area contributed by atoms with E-state index in [1.54, 1.807) is 7.11 Å². The van der Waals surface area contributed by atoms with Gasteiger partial charge in [-0.2, -0.15) is 0 Å². The number of methoxy groups -OCH3 is 1. The molecule has 3 nitrogen and oxygen atoms in total. The van der Waals surface area contributed by atoms with Crippen LogP contribution in [0.4, 0.5) is 0 Å². The first kappa shape index (κ1) is 13.9. The average molecular weight is 202 g/mol. The average Bonchev–Trinajstić information content (AvgIpc) is 2.18. The molecule has 0 aromatic rings. The Hall–Kier alpha value is -0.120. The molecular weight excluding hydrogens is 176 g/mol. The summed E-state index contributed by atoms with van der Waals surface area (Å²) in [5.74, 6) is 0.624. The Morgan fingerprint density at radius 2 is 2.00 bits per heavy atom. The number of nitrogens with zero attached hydrogens (tertiary/aromatic N) is 1. The number of likely N-dealkylation sites (N-methyl/N-ethyl adjacent to an activating group) is 1. The third kappa shape index (κ3) is 5.58. The van der Waals surface area contributed by atoms with E-state index in [9.17, 15) is 0 Å². The lowest BCUT2D eigenvalue weighted by Crippen LogP contribution is -2.37. The quantitative estimate of drug-likeness (QED) is 0.645. The van der Waals surface area contributed by atoms with Crippen molar-refractivity contribution >= 4 is 0 Å². The SMILES string of the molecule is CCN(CCC(C)CN)C(C)COC. The minimum atomic E-state index is 0.509. The maximum atomic E-state index is 5.59. The lowest BCUT2D eigenvalue weighted by Gasteiger charge is -2.28. The van der Waals surface area contributed by atoms with Crippen LogP contribution in [-0.2, 0) is 4.74 Å². The summed E-state index contributed by atoms with van der Waals surface area (Å²) in [6, 6.07) is 0.509. The van der Waals surface area contributed by atoms with Gasteiger partial charge in [0.1, 0.15) is 0 Å². The zero-order valence-corrected chi connectivity index (χ0v) is 10.1. The summed E-state index contributed by atoms with van der Waals surface area (Å²) < 4.78 is 5.15. The van der Waals surface area contributed by atoms with Crippen molar-refractivity contribution < 1.29 is 4.74 Å². The highest BCUT2D eigenvalue weighted by Gasteiger charge is 2.12. The summed E-state index contributed by atoms with van der Waals surface area (Å²) in [5.41, 5.74) is 5.59. The van der Waals surface area contributed by atoms with Gasteiger partial charge >= 0.3 is 0 Å². The van der Waals surface area contributed by atoms with Crippen molar-refractivity contribution in [3.63, 3.8) is 0 Å². The second-order valence-corrected chi connectivity index (χ2v) is 4.06. The predicted molar refractivity (Wildman–Crippen MR) is 61.4 cm³/mol. The van der Waals surface area contributed by atoms with Crippen LogP contribution in [0.1, 0.15) is 27.2 Å². The van der Waals surface area contributed by atoms with E-state index < -0.39 is 0 Å². The van der Waals surface area contributed by atoms with Crippen LogP contribution in [0, 0.1) is 5.92 Å². The second-order valence-electron chi connectivity index (χ2n) is 4.06. The molecule has 0 fully saturated rings. The van der Waals surface area contributed by atoms with Crippen molar-refractivity contribution in [2.24, 2.45) is 11.7 Å². The van der Waals surface area contributed by atoms with Gasteiger partial charge in [0.05, 0.1) is 6.61 Å². The summed E-state index contributed by atoms with van der Waals surface area (Å²) in [4.78, 5) is 2.44. The van der Waals surface area contributed by atoms with Crippen LogP contribution >= 0.6 is 0 Å². The van der Waals surface area contributed by atoms with E-state index in [4.69, 9.17) is 10.5 Å². The van der Waals surface area contributed by atoms with Crippen LogP contribution in [0.3, 0.4) is 0 Å². The molecule has 0 radical (unpaired) electrons. The van der Waals surface area contributed by atoms with Gasteiger partial charge in [-0.3, -0.25) is 4.90 Å². The third-order valence-electron chi connectivity index (χ3n) is 2.75. The Labute approximate surface area is 88.6 Å². The second kappa shape index (κ2) is 8.21. The summed E-state index contributed by atoms with van der Waals surface area (Å²) in [5, 5.41) is 0. The lowest BCUT2D eigenvalue weighted by molar-refractivity contribution is 0.0992. The van der Waals surface area contributed by atoms with Crippen molar-refractivity contribution in [1.82, 2.24) is 4.90 Å². The fraction of sp³-hybridized carbons (Fsp3) is 1.00. The number of ether oxygens (including phenoxy) is 1. The fourth-order valence-corrected chi connectivity index (χ4v) is 1.54. The molecule has 0 rings (SSSR count). The summed E-state index contributed by atoms with van der Waals surface area (Å²) in [7, 11) is 1.76. The van der Waals surface area contributed by atoms with Gasteiger partial charge in [0.2, 0.25) is 0 Å². The van der Waals surface area contributed by atoms with Crippen molar-refractivity contribution in [2.45, 2.75) is 33.2 Å². The smallest absolute Gasteiger partial charge is 0.0615 e. The minimum Gasteiger partial charge on any atom is -0.383 e.